The minimum atomic E-state index is -3.88. The van der Waals surface area contributed by atoms with Gasteiger partial charge in [-0.25, -0.2) is 12.8 Å². The number of amidine groups is 1. The standard InChI is InChI=1S/C28H24Cl3FN6O3S2/c29-17-8-10-21(22(30)13-17)27-35-36-28(38(27)19-9-11-24(32)23(31)15-19)42-16-26(39)34-18-5-4-6-20(14-18)43(40,41)37-25-7-2-1-3-12-33-25/h4-6,8-11,13-15H,1-3,7,12,16H2,(H,33,37)(H,34,39). The van der Waals surface area contributed by atoms with E-state index in [2.05, 4.69) is 25.2 Å². The van der Waals surface area contributed by atoms with Crippen molar-refractivity contribution in [3.8, 4) is 17.1 Å². The van der Waals surface area contributed by atoms with Crippen LogP contribution in [0.3, 0.4) is 0 Å². The highest BCUT2D eigenvalue weighted by Gasteiger charge is 2.21. The maximum absolute atomic E-state index is 14.0. The zero-order valence-corrected chi connectivity index (χ0v) is 26.3. The molecule has 0 atom stereocenters. The fourth-order valence-electron chi connectivity index (χ4n) is 4.31. The number of nitrogens with zero attached hydrogens (tertiary/aromatic N) is 4. The third kappa shape index (κ3) is 7.68. The van der Waals surface area contributed by atoms with Crippen molar-refractivity contribution in [2.24, 2.45) is 4.99 Å². The Labute approximate surface area is 266 Å². The lowest BCUT2D eigenvalue weighted by atomic mass is 10.2. The third-order valence-corrected chi connectivity index (χ3v) is 9.50. The Balaban J connectivity index is 1.34. The summed E-state index contributed by atoms with van der Waals surface area (Å²) >= 11 is 19.6. The quantitative estimate of drug-likeness (QED) is 0.193. The molecule has 1 aliphatic rings. The molecule has 1 aromatic heterocycles. The van der Waals surface area contributed by atoms with Crippen LogP contribution in [0.5, 0.6) is 0 Å². The Hall–Kier alpha value is -3.16. The van der Waals surface area contributed by atoms with Crippen LogP contribution in [0.15, 0.2) is 75.7 Å². The van der Waals surface area contributed by atoms with Gasteiger partial charge in [0.05, 0.1) is 26.4 Å². The van der Waals surface area contributed by atoms with Gasteiger partial charge in [-0.2, -0.15) is 0 Å². The second kappa shape index (κ2) is 13.6. The van der Waals surface area contributed by atoms with Crippen molar-refractivity contribution in [2.75, 3.05) is 17.6 Å². The molecule has 4 aromatic rings. The van der Waals surface area contributed by atoms with Crippen LogP contribution in [-0.4, -0.2) is 47.2 Å². The SMILES string of the molecule is O=C(CSc1nnc(-c2ccc(Cl)cc2Cl)n1-c1ccc(F)c(Cl)c1)Nc1cccc(S(=O)(=O)NC2=NCCCCC2)c1. The number of carbonyl (C=O) groups is 1. The number of aliphatic imine (C=N–C) groups is 1. The number of hydrogen-bond donors (Lipinski definition) is 2. The average molecular weight is 682 g/mol. The van der Waals surface area contributed by atoms with Crippen LogP contribution < -0.4 is 10.0 Å². The maximum atomic E-state index is 14.0. The van der Waals surface area contributed by atoms with Crippen LogP contribution in [0.1, 0.15) is 25.7 Å². The number of nitrogens with one attached hydrogen (secondary N) is 2. The van der Waals surface area contributed by atoms with E-state index in [0.717, 1.165) is 31.0 Å². The molecule has 9 nitrogen and oxygen atoms in total. The highest BCUT2D eigenvalue weighted by molar-refractivity contribution is 7.99. The lowest BCUT2D eigenvalue weighted by Gasteiger charge is -2.13. The number of carbonyl (C=O) groups excluding carboxylic acids is 1. The van der Waals surface area contributed by atoms with E-state index in [9.17, 15) is 17.6 Å². The van der Waals surface area contributed by atoms with Crippen molar-refractivity contribution >= 4 is 74.0 Å². The van der Waals surface area contributed by atoms with Gasteiger partial charge in [0.2, 0.25) is 5.91 Å². The van der Waals surface area contributed by atoms with E-state index in [1.807, 2.05) is 0 Å². The molecule has 0 aliphatic carbocycles. The summed E-state index contributed by atoms with van der Waals surface area (Å²) in [6.45, 7) is 0.585. The molecule has 2 heterocycles. The lowest BCUT2D eigenvalue weighted by Crippen LogP contribution is -2.30. The first-order chi connectivity index (χ1) is 20.6. The fraction of sp³-hybridized carbons (Fsp3) is 0.214. The lowest BCUT2D eigenvalue weighted by molar-refractivity contribution is -0.113. The van der Waals surface area contributed by atoms with E-state index in [4.69, 9.17) is 34.8 Å². The van der Waals surface area contributed by atoms with E-state index in [1.54, 1.807) is 34.9 Å². The smallest absolute Gasteiger partial charge is 0.262 e. The number of hydrogen-bond acceptors (Lipinski definition) is 7. The number of sulfonamides is 1. The summed E-state index contributed by atoms with van der Waals surface area (Å²) in [6, 6.07) is 15.0. The Bertz CT molecular complexity index is 1820. The van der Waals surface area contributed by atoms with Crippen LogP contribution in [0.4, 0.5) is 10.1 Å². The van der Waals surface area contributed by atoms with Crippen molar-refractivity contribution in [3.05, 3.63) is 81.5 Å². The second-order valence-electron chi connectivity index (χ2n) is 9.47. The van der Waals surface area contributed by atoms with Crippen LogP contribution in [0.25, 0.3) is 17.1 Å². The van der Waals surface area contributed by atoms with Crippen LogP contribution in [0.2, 0.25) is 15.1 Å². The molecule has 224 valence electrons. The highest BCUT2D eigenvalue weighted by atomic mass is 35.5. The van der Waals surface area contributed by atoms with Crippen molar-refractivity contribution in [2.45, 2.75) is 35.7 Å². The predicted octanol–water partition coefficient (Wildman–Crippen LogP) is 7.02. The molecule has 1 aliphatic heterocycles. The summed E-state index contributed by atoms with van der Waals surface area (Å²) in [6.07, 6.45) is 3.35. The predicted molar refractivity (Wildman–Crippen MR) is 169 cm³/mol. The fourth-order valence-corrected chi connectivity index (χ4v) is 6.86. The number of benzene rings is 3. The van der Waals surface area contributed by atoms with Crippen molar-refractivity contribution in [3.63, 3.8) is 0 Å². The molecule has 0 spiro atoms. The molecule has 15 heteroatoms. The first-order valence-corrected chi connectivity index (χ1v) is 16.7. The summed E-state index contributed by atoms with van der Waals surface area (Å²) in [5.41, 5.74) is 1.26. The summed E-state index contributed by atoms with van der Waals surface area (Å²) in [4.78, 5) is 17.3. The largest absolute Gasteiger partial charge is 0.325 e. The van der Waals surface area contributed by atoms with E-state index < -0.39 is 21.7 Å². The van der Waals surface area contributed by atoms with Crippen molar-refractivity contribution in [1.29, 1.82) is 0 Å². The molecule has 0 bridgehead atoms. The highest BCUT2D eigenvalue weighted by Crippen LogP contribution is 2.34. The molecule has 1 amide bonds. The number of amides is 1. The molecule has 0 saturated heterocycles. The molecule has 0 unspecified atom stereocenters. The van der Waals surface area contributed by atoms with Crippen LogP contribution >= 0.6 is 46.6 Å². The van der Waals surface area contributed by atoms with Gasteiger partial charge in [0.15, 0.2) is 11.0 Å². The van der Waals surface area contributed by atoms with Crippen molar-refractivity contribution < 1.29 is 17.6 Å². The molecule has 2 N–H and O–H groups in total. The summed E-state index contributed by atoms with van der Waals surface area (Å²) in [5.74, 6) is -0.351. The van der Waals surface area contributed by atoms with Crippen LogP contribution in [0, 0.1) is 5.82 Å². The molecular weight excluding hydrogens is 658 g/mol. The van der Waals surface area contributed by atoms with Gasteiger partial charge in [-0.3, -0.25) is 19.1 Å². The van der Waals surface area contributed by atoms with Crippen LogP contribution in [-0.2, 0) is 14.8 Å². The van der Waals surface area contributed by atoms with Gasteiger partial charge in [-0.1, -0.05) is 59.1 Å². The molecule has 0 radical (unpaired) electrons. The monoisotopic (exact) mass is 680 g/mol. The second-order valence-corrected chi connectivity index (χ2v) is 13.3. The number of thioether (sulfide) groups is 1. The minimum Gasteiger partial charge on any atom is -0.325 e. The van der Waals surface area contributed by atoms with E-state index in [0.29, 0.717) is 56.8 Å². The Kier molecular flexibility index (Phi) is 9.92. The van der Waals surface area contributed by atoms with Gasteiger partial charge in [0, 0.05) is 29.2 Å². The first-order valence-electron chi connectivity index (χ1n) is 13.1. The minimum absolute atomic E-state index is 0.00214. The van der Waals surface area contributed by atoms with Gasteiger partial charge < -0.3 is 5.32 Å². The zero-order valence-electron chi connectivity index (χ0n) is 22.4. The summed E-state index contributed by atoms with van der Waals surface area (Å²) in [7, 11) is -3.88. The van der Waals surface area contributed by atoms with Gasteiger partial charge in [0.25, 0.3) is 10.0 Å². The topological polar surface area (TPSA) is 118 Å². The number of anilines is 1. The zero-order chi connectivity index (χ0) is 30.6. The number of aromatic nitrogens is 3. The summed E-state index contributed by atoms with van der Waals surface area (Å²) in [5, 5.41) is 12.2. The molecule has 3 aromatic carbocycles. The molecule has 0 saturated carbocycles. The van der Waals surface area contributed by atoms with E-state index in [1.165, 1.54) is 30.3 Å². The van der Waals surface area contributed by atoms with Gasteiger partial charge >= 0.3 is 0 Å². The Morgan fingerprint density at radius 2 is 1.81 bits per heavy atom. The molecular formula is C28H24Cl3FN6O3S2. The van der Waals surface area contributed by atoms with Gasteiger partial charge in [-0.15, -0.1) is 10.2 Å². The number of rotatable bonds is 8. The third-order valence-electron chi connectivity index (χ3n) is 6.35. The van der Waals surface area contributed by atoms with Gasteiger partial charge in [0.1, 0.15) is 11.7 Å². The van der Waals surface area contributed by atoms with E-state index >= 15 is 0 Å². The Morgan fingerprint density at radius 3 is 2.60 bits per heavy atom. The average Bonchev–Trinajstić information content (AvgIpc) is 3.21. The molecule has 43 heavy (non-hydrogen) atoms. The van der Waals surface area contributed by atoms with Crippen molar-refractivity contribution in [1.82, 2.24) is 19.5 Å². The van der Waals surface area contributed by atoms with E-state index in [-0.39, 0.29) is 15.7 Å². The summed E-state index contributed by atoms with van der Waals surface area (Å²) < 4.78 is 44.1. The first kappa shape index (κ1) is 31.3. The Morgan fingerprint density at radius 1 is 0.977 bits per heavy atom. The number of halogens is 4. The molecule has 5 rings (SSSR count). The van der Waals surface area contributed by atoms with Gasteiger partial charge in [-0.05, 0) is 67.4 Å². The maximum Gasteiger partial charge on any atom is 0.262 e. The molecule has 0 fully saturated rings. The normalized spacial score (nSPS) is 13.7.